The first-order chi connectivity index (χ1) is 20.0. The van der Waals surface area contributed by atoms with Gasteiger partial charge in [0.05, 0.1) is 31.9 Å². The normalized spacial score (nSPS) is 14.7. The molecule has 0 unspecified atom stereocenters. The molecule has 0 atom stereocenters. The SMILES string of the molecule is Nc1ccc2nc(SCC(=O)Nc3ccc4nc(SCC(=O)n5c6c(c7c5CCCC7)CCCC6)sc4c3)sc2c1. The van der Waals surface area contributed by atoms with Crippen LogP contribution in [0.15, 0.2) is 45.1 Å². The Morgan fingerprint density at radius 3 is 2.07 bits per heavy atom. The van der Waals surface area contributed by atoms with Crippen LogP contribution >= 0.6 is 46.2 Å². The molecule has 3 heterocycles. The van der Waals surface area contributed by atoms with Crippen LogP contribution in [0.2, 0.25) is 0 Å². The maximum atomic E-state index is 13.5. The van der Waals surface area contributed by atoms with Gasteiger partial charge < -0.3 is 11.1 Å². The van der Waals surface area contributed by atoms with Crippen LogP contribution in [0.1, 0.15) is 53.0 Å². The summed E-state index contributed by atoms with van der Waals surface area (Å²) < 4.78 is 5.81. The highest BCUT2D eigenvalue weighted by Crippen LogP contribution is 2.36. The second-order valence-electron chi connectivity index (χ2n) is 10.5. The lowest BCUT2D eigenvalue weighted by atomic mass is 9.89. The summed E-state index contributed by atoms with van der Waals surface area (Å²) in [7, 11) is 0. The molecule has 2 aliphatic rings. The van der Waals surface area contributed by atoms with Gasteiger partial charge in [0, 0.05) is 22.8 Å². The number of thiazole rings is 2. The number of aromatic nitrogens is 3. The molecule has 0 radical (unpaired) electrons. The highest BCUT2D eigenvalue weighted by molar-refractivity contribution is 8.02. The van der Waals surface area contributed by atoms with Gasteiger partial charge in [0.2, 0.25) is 11.8 Å². The Morgan fingerprint density at radius 1 is 0.805 bits per heavy atom. The Kier molecular flexibility index (Phi) is 7.53. The van der Waals surface area contributed by atoms with Crippen molar-refractivity contribution in [3.05, 3.63) is 58.9 Å². The highest BCUT2D eigenvalue weighted by atomic mass is 32.2. The number of hydrogen-bond acceptors (Lipinski definition) is 9. The Labute approximate surface area is 254 Å². The van der Waals surface area contributed by atoms with Crippen molar-refractivity contribution in [3.8, 4) is 0 Å². The first kappa shape index (κ1) is 27.0. The number of thioether (sulfide) groups is 2. The van der Waals surface area contributed by atoms with Crippen LogP contribution in [-0.2, 0) is 30.5 Å². The molecule has 41 heavy (non-hydrogen) atoms. The van der Waals surface area contributed by atoms with Gasteiger partial charge in [-0.1, -0.05) is 23.5 Å². The van der Waals surface area contributed by atoms with Crippen LogP contribution < -0.4 is 11.1 Å². The van der Waals surface area contributed by atoms with E-state index in [1.165, 1.54) is 71.7 Å². The highest BCUT2D eigenvalue weighted by Gasteiger charge is 2.28. The fraction of sp³-hybridized carbons (Fsp3) is 0.333. The number of amides is 1. The van der Waals surface area contributed by atoms with E-state index < -0.39 is 0 Å². The van der Waals surface area contributed by atoms with E-state index >= 15 is 0 Å². The summed E-state index contributed by atoms with van der Waals surface area (Å²) >= 11 is 6.04. The van der Waals surface area contributed by atoms with Crippen molar-refractivity contribution in [2.45, 2.75) is 60.0 Å². The molecular formula is C30H29N5O2S4. The third-order valence-electron chi connectivity index (χ3n) is 7.72. The van der Waals surface area contributed by atoms with Gasteiger partial charge in [0.1, 0.15) is 0 Å². The number of rotatable bonds is 7. The van der Waals surface area contributed by atoms with E-state index in [-0.39, 0.29) is 17.6 Å². The van der Waals surface area contributed by atoms with Gasteiger partial charge in [0.15, 0.2) is 8.68 Å². The van der Waals surface area contributed by atoms with Gasteiger partial charge in [-0.2, -0.15) is 0 Å². The van der Waals surface area contributed by atoms with Gasteiger partial charge in [-0.25, -0.2) is 9.97 Å². The van der Waals surface area contributed by atoms with E-state index in [1.54, 1.807) is 22.7 Å². The van der Waals surface area contributed by atoms with Crippen molar-refractivity contribution in [2.24, 2.45) is 0 Å². The minimum atomic E-state index is -0.0868. The molecule has 0 saturated heterocycles. The smallest absolute Gasteiger partial charge is 0.241 e. The Balaban J connectivity index is 0.992. The van der Waals surface area contributed by atoms with Crippen molar-refractivity contribution in [1.29, 1.82) is 0 Å². The van der Waals surface area contributed by atoms with Crippen molar-refractivity contribution in [1.82, 2.24) is 14.5 Å². The summed E-state index contributed by atoms with van der Waals surface area (Å²) in [4.78, 5) is 35.5. The summed E-state index contributed by atoms with van der Waals surface area (Å²) in [5, 5.41) is 2.99. The van der Waals surface area contributed by atoms with Crippen molar-refractivity contribution < 1.29 is 9.59 Å². The maximum Gasteiger partial charge on any atom is 0.241 e. The van der Waals surface area contributed by atoms with Gasteiger partial charge in [-0.05, 0) is 98.9 Å². The van der Waals surface area contributed by atoms with E-state index in [9.17, 15) is 9.59 Å². The van der Waals surface area contributed by atoms with Crippen molar-refractivity contribution in [3.63, 3.8) is 0 Å². The number of fused-ring (bicyclic) bond motifs is 5. The second kappa shape index (κ2) is 11.4. The molecule has 3 aromatic heterocycles. The molecule has 2 aliphatic carbocycles. The minimum Gasteiger partial charge on any atom is -0.399 e. The van der Waals surface area contributed by atoms with Crippen molar-refractivity contribution in [2.75, 3.05) is 22.6 Å². The summed E-state index contributed by atoms with van der Waals surface area (Å²) in [6, 6.07) is 11.4. The third kappa shape index (κ3) is 5.52. The predicted molar refractivity (Wildman–Crippen MR) is 172 cm³/mol. The van der Waals surface area contributed by atoms with E-state index in [4.69, 9.17) is 10.7 Å². The molecule has 0 fully saturated rings. The average molecular weight is 620 g/mol. The molecule has 7 rings (SSSR count). The Hall–Kier alpha value is -2.86. The van der Waals surface area contributed by atoms with Gasteiger partial charge in [-0.3, -0.25) is 14.2 Å². The fourth-order valence-corrected chi connectivity index (χ4v) is 9.80. The summed E-state index contributed by atoms with van der Waals surface area (Å²) in [5.41, 5.74) is 14.6. The van der Waals surface area contributed by atoms with Crippen LogP contribution in [0.25, 0.3) is 20.4 Å². The van der Waals surface area contributed by atoms with E-state index in [0.717, 1.165) is 60.5 Å². The zero-order valence-corrected chi connectivity index (χ0v) is 25.7. The van der Waals surface area contributed by atoms with Gasteiger partial charge in [-0.15, -0.1) is 22.7 Å². The maximum absolute atomic E-state index is 13.5. The zero-order valence-electron chi connectivity index (χ0n) is 22.4. The van der Waals surface area contributed by atoms with Crippen LogP contribution in [0.4, 0.5) is 11.4 Å². The molecule has 0 bridgehead atoms. The number of carbonyl (C=O) groups excluding carboxylic acids is 2. The number of nitrogens with two attached hydrogens (primary N) is 1. The topological polar surface area (TPSA) is 103 Å². The quantitative estimate of drug-likeness (QED) is 0.147. The Morgan fingerprint density at radius 2 is 1.39 bits per heavy atom. The molecule has 210 valence electrons. The van der Waals surface area contributed by atoms with Crippen LogP contribution in [-0.4, -0.2) is 37.9 Å². The molecule has 2 aromatic carbocycles. The number of nitrogens with zero attached hydrogens (tertiary/aromatic N) is 3. The molecule has 11 heteroatoms. The fourth-order valence-electron chi connectivity index (χ4n) is 5.92. The molecule has 0 saturated carbocycles. The van der Waals surface area contributed by atoms with Crippen LogP contribution in [0.3, 0.4) is 0 Å². The predicted octanol–water partition coefficient (Wildman–Crippen LogP) is 7.21. The molecule has 0 spiro atoms. The lowest BCUT2D eigenvalue weighted by molar-refractivity contribution is -0.113. The van der Waals surface area contributed by atoms with Crippen LogP contribution in [0, 0.1) is 0 Å². The van der Waals surface area contributed by atoms with E-state index in [0.29, 0.717) is 11.4 Å². The lowest BCUT2D eigenvalue weighted by Crippen LogP contribution is -2.21. The Bertz CT molecular complexity index is 1770. The number of nitrogens with one attached hydrogen (secondary N) is 1. The number of benzene rings is 2. The molecule has 3 N–H and O–H groups in total. The second-order valence-corrected chi connectivity index (χ2v) is 15.0. The first-order valence-electron chi connectivity index (χ1n) is 13.9. The molecule has 1 amide bonds. The number of anilines is 2. The molecule has 5 aromatic rings. The van der Waals surface area contributed by atoms with Gasteiger partial charge >= 0.3 is 0 Å². The number of hydrogen-bond donors (Lipinski definition) is 2. The van der Waals surface area contributed by atoms with Crippen LogP contribution in [0.5, 0.6) is 0 Å². The molecular weight excluding hydrogens is 591 g/mol. The first-order valence-corrected chi connectivity index (χ1v) is 17.5. The van der Waals surface area contributed by atoms with Gasteiger partial charge in [0.25, 0.3) is 0 Å². The zero-order chi connectivity index (χ0) is 27.9. The summed E-state index contributed by atoms with van der Waals surface area (Å²) in [6.45, 7) is 0. The summed E-state index contributed by atoms with van der Waals surface area (Å²) in [5.74, 6) is 0.743. The monoisotopic (exact) mass is 619 g/mol. The summed E-state index contributed by atoms with van der Waals surface area (Å²) in [6.07, 6.45) is 9.09. The largest absolute Gasteiger partial charge is 0.399 e. The third-order valence-corrected chi connectivity index (χ3v) is 12.0. The standard InChI is InChI=1S/C30H29N5O2S4/c31-17-9-11-21-25(13-17)40-29(33-21)38-15-27(36)32-18-10-12-22-26(14-18)41-30(34-22)39-16-28(37)35-23-7-3-1-5-19(23)20-6-2-4-8-24(20)35/h9-14H,1-8,15-16,31H2,(H,32,36). The van der Waals surface area contributed by atoms with E-state index in [1.807, 2.05) is 36.4 Å². The average Bonchev–Trinajstić information content (AvgIpc) is 3.67. The van der Waals surface area contributed by atoms with Crippen molar-refractivity contribution >= 4 is 89.8 Å². The number of carbonyl (C=O) groups is 2. The minimum absolute atomic E-state index is 0.0868. The lowest BCUT2D eigenvalue weighted by Gasteiger charge is -2.16. The number of nitrogen functional groups attached to an aromatic ring is 1. The molecule has 7 nitrogen and oxygen atoms in total. The molecule has 0 aliphatic heterocycles. The van der Waals surface area contributed by atoms with E-state index in [2.05, 4.69) is 14.9 Å².